The molecule has 0 aromatic rings. The maximum atomic E-state index is 6.51. The Kier molecular flexibility index (Phi) is 10.5. The highest BCUT2D eigenvalue weighted by Crippen LogP contribution is 2.28. The Morgan fingerprint density at radius 1 is 0.588 bits per heavy atom. The summed E-state index contributed by atoms with van der Waals surface area (Å²) in [6, 6.07) is -1.38. The Morgan fingerprint density at radius 3 is 1.35 bits per heavy atom. The van der Waals surface area contributed by atoms with E-state index in [1.807, 2.05) is 0 Å². The molecule has 1 heterocycles. The number of methoxy groups -OCH3 is 6. The number of hydrogen-bond donors (Lipinski definition) is 6. The number of fused-ring (bicyclic) bond motifs is 2. The molecule has 200 valence electrons. The van der Waals surface area contributed by atoms with Gasteiger partial charge in [0.1, 0.15) is 0 Å². The summed E-state index contributed by atoms with van der Waals surface area (Å²) in [7, 11) is 9.98. The zero-order valence-corrected chi connectivity index (χ0v) is 21.3. The Bertz CT molecular complexity index is 580. The number of nitrogens with two attached hydrogens (primary N) is 3. The van der Waals surface area contributed by atoms with Crippen molar-refractivity contribution in [2.24, 2.45) is 23.1 Å². The predicted octanol–water partition coefficient (Wildman–Crippen LogP) is -3.41. The Morgan fingerprint density at radius 2 is 0.971 bits per heavy atom. The quantitative estimate of drug-likeness (QED) is 0.190. The minimum atomic E-state index is -0.379. The van der Waals surface area contributed by atoms with Crippen LogP contribution in [0.15, 0.2) is 0 Å². The normalized spacial score (nSPS) is 47.7. The van der Waals surface area contributed by atoms with Crippen molar-refractivity contribution in [3.63, 3.8) is 0 Å². The highest BCUT2D eigenvalue weighted by molar-refractivity contribution is 5.11. The van der Waals surface area contributed by atoms with Crippen LogP contribution in [0, 0.1) is 5.92 Å². The van der Waals surface area contributed by atoms with Gasteiger partial charge in [-0.1, -0.05) is 0 Å². The third-order valence-electron chi connectivity index (χ3n) is 7.96. The fourth-order valence-corrected chi connectivity index (χ4v) is 6.20. The van der Waals surface area contributed by atoms with Crippen LogP contribution in [0.3, 0.4) is 0 Å². The second kappa shape index (κ2) is 12.7. The van der Waals surface area contributed by atoms with Gasteiger partial charge in [-0.05, 0) is 5.92 Å². The van der Waals surface area contributed by atoms with Gasteiger partial charge in [0.15, 0.2) is 0 Å². The van der Waals surface area contributed by atoms with Gasteiger partial charge in [0.25, 0.3) is 0 Å². The largest absolute Gasteiger partial charge is 0.378 e. The first-order valence-corrected chi connectivity index (χ1v) is 12.0. The van der Waals surface area contributed by atoms with Crippen LogP contribution in [0.4, 0.5) is 0 Å². The first-order chi connectivity index (χ1) is 16.4. The van der Waals surface area contributed by atoms with E-state index in [1.165, 1.54) is 0 Å². The van der Waals surface area contributed by atoms with Gasteiger partial charge in [0.05, 0.1) is 72.9 Å². The molecule has 2 saturated carbocycles. The van der Waals surface area contributed by atoms with Crippen LogP contribution in [0.2, 0.25) is 0 Å². The molecule has 3 fully saturated rings. The summed E-state index contributed by atoms with van der Waals surface area (Å²) in [5.74, 6) is 0.245. The average molecular weight is 491 g/mol. The van der Waals surface area contributed by atoms with Crippen molar-refractivity contribution >= 4 is 0 Å². The van der Waals surface area contributed by atoms with Crippen LogP contribution in [0.25, 0.3) is 0 Å². The van der Waals surface area contributed by atoms with E-state index in [-0.39, 0.29) is 78.8 Å². The number of ether oxygens (including phenoxy) is 6. The van der Waals surface area contributed by atoms with Gasteiger partial charge in [0, 0.05) is 62.3 Å². The van der Waals surface area contributed by atoms with E-state index >= 15 is 0 Å². The molecule has 34 heavy (non-hydrogen) atoms. The first kappa shape index (κ1) is 28.1. The zero-order chi connectivity index (χ0) is 25.0. The molecule has 0 spiro atoms. The van der Waals surface area contributed by atoms with Gasteiger partial charge in [0.2, 0.25) is 0 Å². The summed E-state index contributed by atoms with van der Waals surface area (Å²) < 4.78 is 34.5. The molecule has 0 amide bonds. The van der Waals surface area contributed by atoms with E-state index in [9.17, 15) is 0 Å². The molecule has 8 unspecified atom stereocenters. The Balaban J connectivity index is 1.72. The Hall–Kier alpha value is -0.480. The first-order valence-electron chi connectivity index (χ1n) is 12.0. The highest BCUT2D eigenvalue weighted by atomic mass is 16.5. The van der Waals surface area contributed by atoms with Crippen molar-refractivity contribution in [1.29, 1.82) is 0 Å². The van der Waals surface area contributed by atoms with E-state index in [2.05, 4.69) is 16.0 Å². The summed E-state index contributed by atoms with van der Waals surface area (Å²) >= 11 is 0. The molecule has 8 atom stereocenters. The third-order valence-corrected chi connectivity index (χ3v) is 7.96. The molecule has 12 heteroatoms. The van der Waals surface area contributed by atoms with Crippen molar-refractivity contribution in [2.45, 2.75) is 72.9 Å². The van der Waals surface area contributed by atoms with Gasteiger partial charge in [-0.25, -0.2) is 0 Å². The van der Waals surface area contributed by atoms with E-state index in [1.54, 1.807) is 42.7 Å². The van der Waals surface area contributed by atoms with E-state index in [0.29, 0.717) is 6.54 Å². The molecule has 2 bridgehead atoms. The Labute approximate surface area is 203 Å². The molecule has 0 aromatic carbocycles. The molecule has 0 aromatic heterocycles. The predicted molar refractivity (Wildman–Crippen MR) is 128 cm³/mol. The summed E-state index contributed by atoms with van der Waals surface area (Å²) in [6.45, 7) is 2.17. The lowest BCUT2D eigenvalue weighted by atomic mass is 9.78. The molecule has 2 aliphatic carbocycles. The van der Waals surface area contributed by atoms with Crippen molar-refractivity contribution < 1.29 is 28.4 Å². The van der Waals surface area contributed by atoms with Gasteiger partial charge in [-0.3, -0.25) is 0 Å². The fraction of sp³-hybridized carbons (Fsp3) is 1.00. The van der Waals surface area contributed by atoms with E-state index in [4.69, 9.17) is 45.6 Å². The van der Waals surface area contributed by atoms with Crippen LogP contribution in [0.5, 0.6) is 0 Å². The maximum absolute atomic E-state index is 6.51. The smallest absolute Gasteiger partial charge is 0.0928 e. The van der Waals surface area contributed by atoms with Crippen LogP contribution >= 0.6 is 0 Å². The molecule has 1 aliphatic heterocycles. The van der Waals surface area contributed by atoms with Crippen LogP contribution in [-0.4, -0.2) is 135 Å². The minimum absolute atomic E-state index is 0.0749. The maximum Gasteiger partial charge on any atom is 0.0928 e. The molecule has 0 radical (unpaired) electrons. The molecule has 1 saturated heterocycles. The second-order valence-corrected chi connectivity index (χ2v) is 9.60. The molecular weight excluding hydrogens is 444 g/mol. The van der Waals surface area contributed by atoms with Crippen molar-refractivity contribution in [3.05, 3.63) is 0 Å². The van der Waals surface area contributed by atoms with Gasteiger partial charge < -0.3 is 61.6 Å². The van der Waals surface area contributed by atoms with Crippen LogP contribution in [-0.2, 0) is 28.4 Å². The molecule has 3 aliphatic rings. The summed E-state index contributed by atoms with van der Waals surface area (Å²) in [6.07, 6.45) is -1.60. The topological polar surface area (TPSA) is 170 Å². The van der Waals surface area contributed by atoms with Gasteiger partial charge in [-0.15, -0.1) is 0 Å². The van der Waals surface area contributed by atoms with Crippen LogP contribution in [0.1, 0.15) is 0 Å². The zero-order valence-electron chi connectivity index (χ0n) is 21.3. The standard InChI is InChI=1S/C22H46N6O6/c1-29-17-11(23)18(30-2)14(19(31-3)12(17)24)26-7-10-8-27-15-20(32-4)13(25)21(33-5)16(28-9-10)22(15)34-6/h10-22,26-28H,7-9,23-25H2,1-6H3. The van der Waals surface area contributed by atoms with Gasteiger partial charge in [-0.2, -0.15) is 0 Å². The second-order valence-electron chi connectivity index (χ2n) is 9.60. The molecule has 12 nitrogen and oxygen atoms in total. The van der Waals surface area contributed by atoms with Crippen molar-refractivity contribution in [3.8, 4) is 0 Å². The summed E-state index contributed by atoms with van der Waals surface area (Å²) in [5, 5.41) is 10.9. The fourth-order valence-electron chi connectivity index (χ4n) is 6.20. The number of rotatable bonds is 9. The van der Waals surface area contributed by atoms with Crippen LogP contribution < -0.4 is 33.2 Å². The monoisotopic (exact) mass is 490 g/mol. The van der Waals surface area contributed by atoms with Gasteiger partial charge >= 0.3 is 0 Å². The van der Waals surface area contributed by atoms with Crippen molar-refractivity contribution in [1.82, 2.24) is 16.0 Å². The number of hydrogen-bond acceptors (Lipinski definition) is 12. The molecule has 3 rings (SSSR count). The summed E-state index contributed by atoms with van der Waals surface area (Å²) in [5.41, 5.74) is 19.4. The molecular formula is C22H46N6O6. The van der Waals surface area contributed by atoms with E-state index < -0.39 is 0 Å². The number of nitrogens with one attached hydrogen (secondary N) is 3. The SMILES string of the molecule is COC1C(N)C(OC)C(NCC2CNC3C(OC)C(N)C(OC)C(NC2)C3OC)C(OC)C1N. The lowest BCUT2D eigenvalue weighted by molar-refractivity contribution is -0.128. The average Bonchev–Trinajstić information content (AvgIpc) is 2.82. The summed E-state index contributed by atoms with van der Waals surface area (Å²) in [4.78, 5) is 0. The lowest BCUT2D eigenvalue weighted by Crippen LogP contribution is -2.76. The molecule has 9 N–H and O–H groups in total. The minimum Gasteiger partial charge on any atom is -0.378 e. The third kappa shape index (κ3) is 5.29. The lowest BCUT2D eigenvalue weighted by Gasteiger charge is -2.51. The van der Waals surface area contributed by atoms with Crippen molar-refractivity contribution in [2.75, 3.05) is 62.3 Å². The van der Waals surface area contributed by atoms with E-state index in [0.717, 1.165) is 13.1 Å². The highest BCUT2D eigenvalue weighted by Gasteiger charge is 2.52.